The molecule has 2 aromatic rings. The van der Waals surface area contributed by atoms with Crippen LogP contribution in [0.2, 0.25) is 0 Å². The van der Waals surface area contributed by atoms with Crippen LogP contribution < -0.4 is 5.73 Å². The Hall–Kier alpha value is -1.13. The molecule has 0 aliphatic carbocycles. The molecule has 1 atom stereocenters. The highest BCUT2D eigenvalue weighted by molar-refractivity contribution is 7.07. The number of aryl methyl sites for hydroxylation is 1. The third kappa shape index (κ3) is 2.11. The summed E-state index contributed by atoms with van der Waals surface area (Å²) < 4.78 is 1.99. The van der Waals surface area contributed by atoms with Gasteiger partial charge >= 0.3 is 0 Å². The van der Waals surface area contributed by atoms with Gasteiger partial charge in [0.15, 0.2) is 0 Å². The predicted molar refractivity (Wildman–Crippen MR) is 62.9 cm³/mol. The van der Waals surface area contributed by atoms with Crippen molar-refractivity contribution in [1.29, 1.82) is 0 Å². The topological polar surface area (TPSA) is 43.8 Å². The normalized spacial score (nSPS) is 12.9. The van der Waals surface area contributed by atoms with Gasteiger partial charge in [-0.1, -0.05) is 6.92 Å². The molecule has 0 spiro atoms. The first-order valence-corrected chi connectivity index (χ1v) is 6.06. The van der Waals surface area contributed by atoms with Gasteiger partial charge in [0.05, 0.1) is 11.7 Å². The Kier molecular flexibility index (Phi) is 3.18. The lowest BCUT2D eigenvalue weighted by molar-refractivity contribution is 0.560. The summed E-state index contributed by atoms with van der Waals surface area (Å²) in [7, 11) is 0. The first kappa shape index (κ1) is 10.4. The van der Waals surface area contributed by atoms with E-state index in [9.17, 15) is 0 Å². The molecule has 0 aliphatic rings. The predicted octanol–water partition coefficient (Wildman–Crippen LogP) is 2.40. The van der Waals surface area contributed by atoms with Crippen molar-refractivity contribution in [3.8, 4) is 0 Å². The fourth-order valence-electron chi connectivity index (χ4n) is 1.63. The molecule has 2 rings (SSSR count). The Bertz CT molecular complexity index is 405. The quantitative estimate of drug-likeness (QED) is 0.861. The molecule has 4 heteroatoms. The standard InChI is InChI=1S/C11H15N3S/c1-2-6-14-10(3-5-13-14)11(12)9-4-7-15-8-9/h3-5,7-8,11H,2,6,12H2,1H3. The number of hydrogen-bond acceptors (Lipinski definition) is 3. The van der Waals surface area contributed by atoms with Gasteiger partial charge in [0.25, 0.3) is 0 Å². The molecule has 1 unspecified atom stereocenters. The highest BCUT2D eigenvalue weighted by Crippen LogP contribution is 2.21. The molecular weight excluding hydrogens is 206 g/mol. The smallest absolute Gasteiger partial charge is 0.0731 e. The summed E-state index contributed by atoms with van der Waals surface area (Å²) in [6.45, 7) is 3.07. The van der Waals surface area contributed by atoms with E-state index >= 15 is 0 Å². The van der Waals surface area contributed by atoms with Gasteiger partial charge in [-0.3, -0.25) is 4.68 Å². The van der Waals surface area contributed by atoms with E-state index < -0.39 is 0 Å². The molecule has 2 aromatic heterocycles. The van der Waals surface area contributed by atoms with E-state index in [2.05, 4.69) is 28.8 Å². The van der Waals surface area contributed by atoms with Crippen LogP contribution in [-0.4, -0.2) is 9.78 Å². The van der Waals surface area contributed by atoms with Crippen molar-refractivity contribution in [2.45, 2.75) is 25.9 Å². The highest BCUT2D eigenvalue weighted by atomic mass is 32.1. The van der Waals surface area contributed by atoms with Crippen LogP contribution in [0.3, 0.4) is 0 Å². The van der Waals surface area contributed by atoms with E-state index in [4.69, 9.17) is 5.73 Å². The fraction of sp³-hybridized carbons (Fsp3) is 0.364. The van der Waals surface area contributed by atoms with Gasteiger partial charge in [-0.25, -0.2) is 0 Å². The Balaban J connectivity index is 2.25. The lowest BCUT2D eigenvalue weighted by Crippen LogP contribution is -2.16. The van der Waals surface area contributed by atoms with Crippen LogP contribution >= 0.6 is 11.3 Å². The van der Waals surface area contributed by atoms with Crippen molar-refractivity contribution in [3.05, 3.63) is 40.3 Å². The van der Waals surface area contributed by atoms with E-state index in [-0.39, 0.29) is 6.04 Å². The van der Waals surface area contributed by atoms with Gasteiger partial charge in [0.1, 0.15) is 0 Å². The van der Waals surface area contributed by atoms with Crippen molar-refractivity contribution >= 4 is 11.3 Å². The molecule has 0 aliphatic heterocycles. The first-order chi connectivity index (χ1) is 7.33. The van der Waals surface area contributed by atoms with Crippen LogP contribution in [0, 0.1) is 0 Å². The van der Waals surface area contributed by atoms with Gasteiger partial charge in [0.2, 0.25) is 0 Å². The van der Waals surface area contributed by atoms with Crippen LogP contribution in [-0.2, 0) is 6.54 Å². The number of thiophene rings is 1. The summed E-state index contributed by atoms with van der Waals surface area (Å²) in [4.78, 5) is 0. The van der Waals surface area contributed by atoms with Crippen LogP contribution in [0.25, 0.3) is 0 Å². The average Bonchev–Trinajstić information content (AvgIpc) is 2.87. The summed E-state index contributed by atoms with van der Waals surface area (Å²) in [5.74, 6) is 0. The number of nitrogens with zero attached hydrogens (tertiary/aromatic N) is 2. The molecule has 2 heterocycles. The van der Waals surface area contributed by atoms with E-state index in [1.165, 1.54) is 0 Å². The Morgan fingerprint density at radius 1 is 1.53 bits per heavy atom. The van der Waals surface area contributed by atoms with Gasteiger partial charge in [-0.2, -0.15) is 16.4 Å². The lowest BCUT2D eigenvalue weighted by Gasteiger charge is -2.12. The summed E-state index contributed by atoms with van der Waals surface area (Å²) in [6.07, 6.45) is 2.89. The summed E-state index contributed by atoms with van der Waals surface area (Å²) in [5, 5.41) is 8.42. The molecule has 0 aromatic carbocycles. The maximum absolute atomic E-state index is 6.18. The zero-order chi connectivity index (χ0) is 10.7. The molecule has 0 saturated carbocycles. The third-order valence-electron chi connectivity index (χ3n) is 2.41. The molecule has 2 N–H and O–H groups in total. The van der Waals surface area contributed by atoms with Crippen LogP contribution in [0.1, 0.15) is 30.6 Å². The minimum atomic E-state index is -0.0506. The van der Waals surface area contributed by atoms with Crippen molar-refractivity contribution in [2.75, 3.05) is 0 Å². The lowest BCUT2D eigenvalue weighted by atomic mass is 10.1. The van der Waals surface area contributed by atoms with E-state index in [1.54, 1.807) is 11.3 Å². The highest BCUT2D eigenvalue weighted by Gasteiger charge is 2.13. The van der Waals surface area contributed by atoms with E-state index in [0.717, 1.165) is 24.2 Å². The summed E-state index contributed by atoms with van der Waals surface area (Å²) >= 11 is 1.67. The van der Waals surface area contributed by atoms with Crippen LogP contribution in [0.5, 0.6) is 0 Å². The van der Waals surface area contributed by atoms with Gasteiger partial charge in [-0.05, 0) is 34.9 Å². The number of rotatable bonds is 4. The van der Waals surface area contributed by atoms with Crippen molar-refractivity contribution in [2.24, 2.45) is 5.73 Å². The summed E-state index contributed by atoms with van der Waals surface area (Å²) in [6, 6.07) is 4.02. The van der Waals surface area contributed by atoms with E-state index in [1.807, 2.05) is 16.9 Å². The molecule has 15 heavy (non-hydrogen) atoms. The molecule has 0 bridgehead atoms. The zero-order valence-electron chi connectivity index (χ0n) is 8.76. The molecule has 3 nitrogen and oxygen atoms in total. The van der Waals surface area contributed by atoms with Crippen molar-refractivity contribution in [3.63, 3.8) is 0 Å². The third-order valence-corrected chi connectivity index (χ3v) is 3.11. The number of aromatic nitrogens is 2. The Labute approximate surface area is 93.5 Å². The largest absolute Gasteiger partial charge is 0.319 e. The fourth-order valence-corrected chi connectivity index (χ4v) is 2.33. The molecule has 0 saturated heterocycles. The zero-order valence-corrected chi connectivity index (χ0v) is 9.57. The Morgan fingerprint density at radius 2 is 2.40 bits per heavy atom. The molecule has 0 radical (unpaired) electrons. The average molecular weight is 221 g/mol. The van der Waals surface area contributed by atoms with Crippen LogP contribution in [0.15, 0.2) is 29.1 Å². The van der Waals surface area contributed by atoms with Crippen molar-refractivity contribution in [1.82, 2.24) is 9.78 Å². The van der Waals surface area contributed by atoms with Gasteiger partial charge in [0, 0.05) is 12.7 Å². The van der Waals surface area contributed by atoms with Gasteiger partial charge < -0.3 is 5.73 Å². The first-order valence-electron chi connectivity index (χ1n) is 5.12. The van der Waals surface area contributed by atoms with Crippen molar-refractivity contribution < 1.29 is 0 Å². The molecule has 80 valence electrons. The van der Waals surface area contributed by atoms with Gasteiger partial charge in [-0.15, -0.1) is 0 Å². The monoisotopic (exact) mass is 221 g/mol. The van der Waals surface area contributed by atoms with Crippen LogP contribution in [0.4, 0.5) is 0 Å². The molecule has 0 fully saturated rings. The second-order valence-corrected chi connectivity index (χ2v) is 4.29. The number of hydrogen-bond donors (Lipinski definition) is 1. The molecular formula is C11H15N3S. The second-order valence-electron chi connectivity index (χ2n) is 3.51. The number of nitrogens with two attached hydrogens (primary N) is 1. The Morgan fingerprint density at radius 3 is 3.07 bits per heavy atom. The summed E-state index contributed by atoms with van der Waals surface area (Å²) in [5.41, 5.74) is 8.44. The minimum Gasteiger partial charge on any atom is -0.319 e. The SMILES string of the molecule is CCCn1nccc1C(N)c1ccsc1. The molecule has 0 amide bonds. The maximum Gasteiger partial charge on any atom is 0.0731 e. The second kappa shape index (κ2) is 4.59. The maximum atomic E-state index is 6.18. The minimum absolute atomic E-state index is 0.0506. The van der Waals surface area contributed by atoms with E-state index in [0.29, 0.717) is 0 Å².